The molecule has 11 nitrogen and oxygen atoms in total. The minimum Gasteiger partial charge on any atom is -0.310 e. The van der Waals surface area contributed by atoms with Gasteiger partial charge in [-0.15, -0.1) is 0 Å². The van der Waals surface area contributed by atoms with E-state index < -0.39 is 11.6 Å². The summed E-state index contributed by atoms with van der Waals surface area (Å²) in [5.74, 6) is -1.49. The molecular formula is C120H74F3N11. The summed E-state index contributed by atoms with van der Waals surface area (Å²) in [5.41, 5.74) is 26.9. The fourth-order valence-electron chi connectivity index (χ4n) is 21.2. The van der Waals surface area contributed by atoms with Crippen molar-refractivity contribution in [1.29, 1.82) is 0 Å². The number of aromatic nitrogens is 6. The number of pyridine rings is 3. The van der Waals surface area contributed by atoms with E-state index in [1.54, 1.807) is 0 Å². The smallest absolute Gasteiger partial charge is 0.187 e. The fourth-order valence-corrected chi connectivity index (χ4v) is 21.2. The topological polar surface area (TPSA) is 71.9 Å². The van der Waals surface area contributed by atoms with Crippen LogP contribution < -0.4 is 14.7 Å². The van der Waals surface area contributed by atoms with Crippen LogP contribution in [0, 0.1) is 30.6 Å². The highest BCUT2D eigenvalue weighted by Crippen LogP contribution is 2.55. The quantitative estimate of drug-likeness (QED) is 0.0897. The summed E-state index contributed by atoms with van der Waals surface area (Å²) < 4.78 is 49.3. The summed E-state index contributed by atoms with van der Waals surface area (Å²) in [5, 5.41) is 19.1. The summed E-state index contributed by atoms with van der Waals surface area (Å²) in [6.45, 7) is 19.7. The number of rotatable bonds is 12. The lowest BCUT2D eigenvalue weighted by atomic mass is 9.82. The molecule has 630 valence electrons. The van der Waals surface area contributed by atoms with Gasteiger partial charge < -0.3 is 28.4 Å². The van der Waals surface area contributed by atoms with Crippen LogP contribution in [0.25, 0.3) is 179 Å². The average molecular weight is 1730 g/mol. The highest BCUT2D eigenvalue weighted by Gasteiger charge is 2.37. The number of nitrogens with zero attached hydrogens (tertiary/aromatic N) is 11. The first kappa shape index (κ1) is 78.3. The molecule has 0 spiro atoms. The molecule has 0 saturated carbocycles. The van der Waals surface area contributed by atoms with Gasteiger partial charge in [0.15, 0.2) is 11.4 Å². The lowest BCUT2D eigenvalue weighted by molar-refractivity contribution is 0.582. The molecule has 1 aliphatic rings. The Labute approximate surface area is 767 Å². The molecule has 0 aliphatic heterocycles. The third-order valence-corrected chi connectivity index (χ3v) is 27.1. The van der Waals surface area contributed by atoms with Crippen LogP contribution in [0.1, 0.15) is 25.0 Å². The SMILES string of the molecule is Fc1ccc(-n2c3cccc4ccc5c(N(c6cccc7cccnc67)c6cccc7cccnc67)ccc2c5c43)cc1.[C-]#[N+]c1ccc(N(c2ccc3c(c2)C(C)(C)c2ccccc2-3)c2ccc3c4c2ccc2cccc(c24)n3-c2cnc3ccccc3c2)cc1.[C-]#[N+]c1ccc(N(c2ccc3ccccc3c2)c2ccc3c4c2ccc2cccc(c24)n3-c2cc(F)cc(F)c2)cc1. The molecule has 0 radical (unpaired) electrons. The second kappa shape index (κ2) is 30.9. The molecule has 0 fully saturated rings. The number of hydrogen-bond acceptors (Lipinski definition) is 6. The Morgan fingerprint density at radius 2 is 0.687 bits per heavy atom. The van der Waals surface area contributed by atoms with Gasteiger partial charge in [-0.05, 0) is 225 Å². The first-order valence-corrected chi connectivity index (χ1v) is 44.5. The Bertz CT molecular complexity index is 9240. The zero-order valence-electron chi connectivity index (χ0n) is 72.3. The summed E-state index contributed by atoms with van der Waals surface area (Å²) in [6, 6.07) is 133. The first-order chi connectivity index (χ1) is 65.9. The third-order valence-electron chi connectivity index (χ3n) is 27.1. The van der Waals surface area contributed by atoms with Gasteiger partial charge in [-0.1, -0.05) is 226 Å². The van der Waals surface area contributed by atoms with E-state index in [2.05, 4.69) is 314 Å². The van der Waals surface area contributed by atoms with Crippen LogP contribution in [0.3, 0.4) is 0 Å². The Balaban J connectivity index is 0.000000108. The number of halogens is 3. The Morgan fingerprint density at radius 1 is 0.269 bits per heavy atom. The molecule has 0 amide bonds. The highest BCUT2D eigenvalue weighted by atomic mass is 19.1. The number of hydrogen-bond donors (Lipinski definition) is 0. The molecule has 6 aromatic heterocycles. The van der Waals surface area contributed by atoms with Gasteiger partial charge in [0.05, 0.1) is 109 Å². The summed E-state index contributed by atoms with van der Waals surface area (Å²) in [4.78, 5) is 28.7. The second-order valence-corrected chi connectivity index (χ2v) is 34.8. The van der Waals surface area contributed by atoms with Crippen molar-refractivity contribution < 1.29 is 13.2 Å². The van der Waals surface area contributed by atoms with Gasteiger partial charge in [-0.2, -0.15) is 0 Å². The zero-order chi connectivity index (χ0) is 89.7. The van der Waals surface area contributed by atoms with E-state index in [4.69, 9.17) is 28.1 Å². The molecule has 0 unspecified atom stereocenters. The van der Waals surface area contributed by atoms with Crippen LogP contribution in [0.15, 0.2) is 413 Å². The van der Waals surface area contributed by atoms with Gasteiger partial charge in [0, 0.05) is 117 Å². The Kier molecular flexibility index (Phi) is 18.0. The number of anilines is 9. The van der Waals surface area contributed by atoms with Crippen molar-refractivity contribution in [3.8, 4) is 28.2 Å². The maximum absolute atomic E-state index is 14.4. The molecule has 6 heterocycles. The van der Waals surface area contributed by atoms with Crippen molar-refractivity contribution in [3.63, 3.8) is 0 Å². The molecule has 1 aliphatic carbocycles. The molecule has 0 bridgehead atoms. The third kappa shape index (κ3) is 12.5. The van der Waals surface area contributed by atoms with E-state index in [-0.39, 0.29) is 11.2 Å². The Morgan fingerprint density at radius 3 is 1.23 bits per heavy atom. The van der Waals surface area contributed by atoms with E-state index in [1.807, 2.05) is 120 Å². The van der Waals surface area contributed by atoms with Crippen LogP contribution in [0.2, 0.25) is 0 Å². The van der Waals surface area contributed by atoms with E-state index >= 15 is 0 Å². The molecule has 20 aromatic carbocycles. The van der Waals surface area contributed by atoms with Crippen LogP contribution in [-0.2, 0) is 5.41 Å². The van der Waals surface area contributed by atoms with Gasteiger partial charge in [0.2, 0.25) is 0 Å². The molecule has 0 saturated heterocycles. The molecule has 134 heavy (non-hydrogen) atoms. The number of benzene rings is 20. The number of para-hydroxylation sites is 3. The van der Waals surface area contributed by atoms with Gasteiger partial charge >= 0.3 is 0 Å². The fraction of sp³-hybridized carbons (Fsp3) is 0.0250. The van der Waals surface area contributed by atoms with E-state index in [1.165, 1.54) is 84.2 Å². The van der Waals surface area contributed by atoms with Crippen molar-refractivity contribution in [1.82, 2.24) is 28.7 Å². The van der Waals surface area contributed by atoms with E-state index in [9.17, 15) is 13.2 Å². The molecule has 0 N–H and O–H groups in total. The van der Waals surface area contributed by atoms with Crippen molar-refractivity contribution in [3.05, 3.63) is 464 Å². The predicted octanol–water partition coefficient (Wildman–Crippen LogP) is 33.2. The lowest BCUT2D eigenvalue weighted by Gasteiger charge is -2.29. The van der Waals surface area contributed by atoms with Crippen molar-refractivity contribution in [2.45, 2.75) is 19.3 Å². The lowest BCUT2D eigenvalue weighted by Crippen LogP contribution is -2.16. The highest BCUT2D eigenvalue weighted by molar-refractivity contribution is 6.30. The average Bonchev–Trinajstić information content (AvgIpc) is 1.56. The van der Waals surface area contributed by atoms with Gasteiger partial charge in [-0.25, -0.2) is 22.9 Å². The van der Waals surface area contributed by atoms with Gasteiger partial charge in [0.25, 0.3) is 0 Å². The normalized spacial score (nSPS) is 12.3. The van der Waals surface area contributed by atoms with Crippen molar-refractivity contribution in [2.75, 3.05) is 14.7 Å². The molecule has 14 heteroatoms. The first-order valence-electron chi connectivity index (χ1n) is 44.5. The molecule has 26 aromatic rings. The zero-order valence-corrected chi connectivity index (χ0v) is 72.3. The Hall–Kier alpha value is -18.0. The van der Waals surface area contributed by atoms with Crippen molar-refractivity contribution >= 4 is 204 Å². The maximum atomic E-state index is 14.4. The van der Waals surface area contributed by atoms with Gasteiger partial charge in [-0.3, -0.25) is 15.0 Å². The van der Waals surface area contributed by atoms with Crippen molar-refractivity contribution in [2.24, 2.45) is 0 Å². The molecular weight excluding hydrogens is 1650 g/mol. The second-order valence-electron chi connectivity index (χ2n) is 34.8. The van der Waals surface area contributed by atoms with E-state index in [0.29, 0.717) is 17.1 Å². The van der Waals surface area contributed by atoms with Crippen LogP contribution in [-0.4, -0.2) is 28.7 Å². The summed E-state index contributed by atoms with van der Waals surface area (Å²) in [6.07, 6.45) is 5.69. The molecule has 0 atom stereocenters. The minimum atomic E-state index is -0.619. The van der Waals surface area contributed by atoms with Crippen LogP contribution >= 0.6 is 0 Å². The van der Waals surface area contributed by atoms with Crippen LogP contribution in [0.4, 0.5) is 75.7 Å². The minimum absolute atomic E-state index is 0.129. The predicted molar refractivity (Wildman–Crippen MR) is 546 cm³/mol. The molecule has 27 rings (SSSR count). The van der Waals surface area contributed by atoms with E-state index in [0.717, 1.165) is 172 Å². The monoisotopic (exact) mass is 1730 g/mol. The summed E-state index contributed by atoms with van der Waals surface area (Å²) >= 11 is 0. The summed E-state index contributed by atoms with van der Waals surface area (Å²) in [7, 11) is 0. The maximum Gasteiger partial charge on any atom is 0.187 e. The van der Waals surface area contributed by atoms with Gasteiger partial charge in [0.1, 0.15) is 17.5 Å². The largest absolute Gasteiger partial charge is 0.310 e. The standard InChI is InChI=1S/C45H30N4.C38H23FN4.C37H21F2N3/c1-45(2)37-12-6-5-11-34(37)35-22-20-32(26-38(35)45)48(31-18-16-30(46-3)17-19-31)40-23-24-42-44-36(40)21-15-28-10-8-14-41(43(28)44)49(42)33-25-29-9-4-7-13-39(29)47-27-33;39-27-15-17-28(18-16-27)42-31-11-1-6-24-14-19-29-30(20-21-32(42)36(29)35(24)31)43(33-12-2-7-25-9-4-22-40-37(25)33)34-13-3-8-26-10-5-23-41-38(26)34;1-40-28-11-14-29(15-12-28)41(30-13-9-23-5-2-3-6-25(23)19-30)33-17-18-35-37-32(33)16-10-24-7-4-8-34(36(24)37)42(35)31-21-26(38)20-27(39)22-31/h4-27H,1-2H3;1-23H;2-22H. The number of fused-ring (bicyclic) bond motifs is 7. The van der Waals surface area contributed by atoms with Crippen LogP contribution in [0.5, 0.6) is 0 Å².